The molecule has 1 aromatic heterocycles. The predicted molar refractivity (Wildman–Crippen MR) is 95.3 cm³/mol. The Hall–Kier alpha value is -3.28. The molecule has 0 spiro atoms. The molecule has 0 saturated heterocycles. The highest BCUT2D eigenvalue weighted by molar-refractivity contribution is 5.75. The first-order valence-corrected chi connectivity index (χ1v) is 7.95. The van der Waals surface area contributed by atoms with E-state index in [0.29, 0.717) is 18.2 Å². The fraction of sp³-hybridized carbons (Fsp3) is 0.158. The molecule has 6 nitrogen and oxygen atoms in total. The molecule has 3 aromatic rings. The summed E-state index contributed by atoms with van der Waals surface area (Å²) < 4.78 is 10.8. The maximum atomic E-state index is 10.8. The van der Waals surface area contributed by atoms with E-state index in [-0.39, 0.29) is 6.61 Å². The fourth-order valence-electron chi connectivity index (χ4n) is 2.40. The minimum Gasteiger partial charge on any atom is -0.494 e. The summed E-state index contributed by atoms with van der Waals surface area (Å²) >= 11 is 0. The lowest BCUT2D eigenvalue weighted by Gasteiger charge is -2.05. The highest BCUT2D eigenvalue weighted by Gasteiger charge is 2.07. The van der Waals surface area contributed by atoms with Gasteiger partial charge in [0.05, 0.1) is 18.5 Å². The van der Waals surface area contributed by atoms with Crippen molar-refractivity contribution in [3.8, 4) is 34.1 Å². The monoisotopic (exact) mass is 337 g/mol. The molecule has 0 saturated carbocycles. The van der Waals surface area contributed by atoms with E-state index in [9.17, 15) is 4.79 Å². The molecule has 25 heavy (non-hydrogen) atoms. The number of imidazole rings is 1. The number of aromatic amines is 1. The van der Waals surface area contributed by atoms with Crippen LogP contribution in [0.25, 0.3) is 22.6 Å². The highest BCUT2D eigenvalue weighted by Crippen LogP contribution is 2.26. The number of hydrogen-bond acceptors (Lipinski definition) is 4. The SMILES string of the molecule is CCOc1ccc(-c2cnc(-c3cccc(OCC(N)=O)c3)[nH]2)cc1. The third-order valence-electron chi connectivity index (χ3n) is 3.54. The van der Waals surface area contributed by atoms with Crippen LogP contribution in [0.1, 0.15) is 6.92 Å². The van der Waals surface area contributed by atoms with E-state index in [0.717, 1.165) is 22.6 Å². The Morgan fingerprint density at radius 2 is 1.88 bits per heavy atom. The Kier molecular flexibility index (Phi) is 4.99. The van der Waals surface area contributed by atoms with Crippen LogP contribution in [-0.4, -0.2) is 29.1 Å². The summed E-state index contributed by atoms with van der Waals surface area (Å²) in [5.41, 5.74) is 7.88. The van der Waals surface area contributed by atoms with Crippen LogP contribution < -0.4 is 15.2 Å². The highest BCUT2D eigenvalue weighted by atomic mass is 16.5. The number of aromatic nitrogens is 2. The molecular weight excluding hydrogens is 318 g/mol. The first-order valence-electron chi connectivity index (χ1n) is 7.95. The smallest absolute Gasteiger partial charge is 0.255 e. The van der Waals surface area contributed by atoms with Crippen LogP contribution in [0.4, 0.5) is 0 Å². The lowest BCUT2D eigenvalue weighted by Crippen LogP contribution is -2.19. The van der Waals surface area contributed by atoms with Crippen molar-refractivity contribution >= 4 is 5.91 Å². The van der Waals surface area contributed by atoms with Crippen molar-refractivity contribution in [1.29, 1.82) is 0 Å². The normalized spacial score (nSPS) is 10.4. The average Bonchev–Trinajstić information content (AvgIpc) is 3.11. The van der Waals surface area contributed by atoms with Crippen LogP contribution in [-0.2, 0) is 4.79 Å². The molecule has 128 valence electrons. The topological polar surface area (TPSA) is 90.2 Å². The number of amides is 1. The zero-order valence-corrected chi connectivity index (χ0v) is 13.9. The molecule has 3 rings (SSSR count). The van der Waals surface area contributed by atoms with Gasteiger partial charge in [-0.2, -0.15) is 0 Å². The van der Waals surface area contributed by atoms with Crippen LogP contribution in [0, 0.1) is 0 Å². The van der Waals surface area contributed by atoms with E-state index in [2.05, 4.69) is 9.97 Å². The molecule has 0 unspecified atom stereocenters. The number of carbonyl (C=O) groups is 1. The fourth-order valence-corrected chi connectivity index (χ4v) is 2.40. The van der Waals surface area contributed by atoms with Crippen molar-refractivity contribution in [2.24, 2.45) is 5.73 Å². The Balaban J connectivity index is 1.79. The van der Waals surface area contributed by atoms with E-state index < -0.39 is 5.91 Å². The molecule has 3 N–H and O–H groups in total. The molecule has 0 fully saturated rings. The van der Waals surface area contributed by atoms with Crippen molar-refractivity contribution in [2.75, 3.05) is 13.2 Å². The summed E-state index contributed by atoms with van der Waals surface area (Å²) in [5.74, 6) is 1.61. The zero-order valence-electron chi connectivity index (χ0n) is 13.9. The maximum Gasteiger partial charge on any atom is 0.255 e. The van der Waals surface area contributed by atoms with Crippen molar-refractivity contribution < 1.29 is 14.3 Å². The molecule has 1 heterocycles. The van der Waals surface area contributed by atoms with Gasteiger partial charge in [0.25, 0.3) is 5.91 Å². The molecule has 0 atom stereocenters. The minimum atomic E-state index is -0.513. The summed E-state index contributed by atoms with van der Waals surface area (Å²) in [7, 11) is 0. The van der Waals surface area contributed by atoms with Crippen LogP contribution in [0.3, 0.4) is 0 Å². The van der Waals surface area contributed by atoms with Gasteiger partial charge in [0, 0.05) is 5.56 Å². The third kappa shape index (κ3) is 4.17. The van der Waals surface area contributed by atoms with Crippen molar-refractivity contribution in [3.63, 3.8) is 0 Å². The van der Waals surface area contributed by atoms with Gasteiger partial charge < -0.3 is 20.2 Å². The number of hydrogen-bond donors (Lipinski definition) is 2. The van der Waals surface area contributed by atoms with Gasteiger partial charge in [-0.1, -0.05) is 12.1 Å². The van der Waals surface area contributed by atoms with Crippen molar-refractivity contribution in [1.82, 2.24) is 9.97 Å². The summed E-state index contributed by atoms with van der Waals surface area (Å²) in [6.07, 6.45) is 1.78. The van der Waals surface area contributed by atoms with E-state index in [1.54, 1.807) is 12.3 Å². The number of nitrogens with two attached hydrogens (primary N) is 1. The van der Waals surface area contributed by atoms with E-state index in [4.69, 9.17) is 15.2 Å². The Bertz CT molecular complexity index is 856. The first kappa shape index (κ1) is 16.6. The number of rotatable bonds is 7. The number of nitrogens with one attached hydrogen (secondary N) is 1. The molecule has 6 heteroatoms. The van der Waals surface area contributed by atoms with Crippen LogP contribution in [0.5, 0.6) is 11.5 Å². The van der Waals surface area contributed by atoms with Gasteiger partial charge in [-0.05, 0) is 48.9 Å². The van der Waals surface area contributed by atoms with E-state index in [1.165, 1.54) is 0 Å². The largest absolute Gasteiger partial charge is 0.494 e. The summed E-state index contributed by atoms with van der Waals surface area (Å²) in [6, 6.07) is 15.1. The van der Waals surface area contributed by atoms with Gasteiger partial charge in [0.2, 0.25) is 0 Å². The quantitative estimate of drug-likeness (QED) is 0.693. The lowest BCUT2D eigenvalue weighted by molar-refractivity contribution is -0.119. The molecule has 0 bridgehead atoms. The van der Waals surface area contributed by atoms with Gasteiger partial charge >= 0.3 is 0 Å². The molecule has 2 aromatic carbocycles. The third-order valence-corrected chi connectivity index (χ3v) is 3.54. The van der Waals surface area contributed by atoms with Gasteiger partial charge in [0.1, 0.15) is 17.3 Å². The van der Waals surface area contributed by atoms with Crippen LogP contribution in [0.15, 0.2) is 54.7 Å². The number of benzene rings is 2. The number of primary amides is 1. The summed E-state index contributed by atoms with van der Waals surface area (Å²) in [5, 5.41) is 0. The number of ether oxygens (including phenoxy) is 2. The molecule has 0 radical (unpaired) electrons. The van der Waals surface area contributed by atoms with Crippen LogP contribution >= 0.6 is 0 Å². The molecule has 0 aliphatic carbocycles. The van der Waals surface area contributed by atoms with Gasteiger partial charge in [-0.15, -0.1) is 0 Å². The second-order valence-electron chi connectivity index (χ2n) is 5.39. The Morgan fingerprint density at radius 3 is 2.60 bits per heavy atom. The second kappa shape index (κ2) is 7.53. The Labute approximate surface area is 145 Å². The zero-order chi connectivity index (χ0) is 17.6. The molecule has 1 amide bonds. The lowest BCUT2D eigenvalue weighted by atomic mass is 10.1. The van der Waals surface area contributed by atoms with E-state index >= 15 is 0 Å². The van der Waals surface area contributed by atoms with Gasteiger partial charge in [-0.25, -0.2) is 4.98 Å². The van der Waals surface area contributed by atoms with Crippen LogP contribution in [0.2, 0.25) is 0 Å². The summed E-state index contributed by atoms with van der Waals surface area (Å²) in [4.78, 5) is 18.5. The van der Waals surface area contributed by atoms with Crippen molar-refractivity contribution in [2.45, 2.75) is 6.92 Å². The first-order chi connectivity index (χ1) is 12.2. The predicted octanol–water partition coefficient (Wildman–Crippen LogP) is 3.01. The number of H-pyrrole nitrogens is 1. The molecule has 0 aliphatic rings. The maximum absolute atomic E-state index is 10.8. The Morgan fingerprint density at radius 1 is 1.08 bits per heavy atom. The minimum absolute atomic E-state index is 0.154. The number of carbonyl (C=O) groups excluding carboxylic acids is 1. The molecule has 0 aliphatic heterocycles. The summed E-state index contributed by atoms with van der Waals surface area (Å²) in [6.45, 7) is 2.44. The van der Waals surface area contributed by atoms with Crippen molar-refractivity contribution in [3.05, 3.63) is 54.7 Å². The second-order valence-corrected chi connectivity index (χ2v) is 5.39. The average molecular weight is 337 g/mol. The number of nitrogens with zero attached hydrogens (tertiary/aromatic N) is 1. The molecular formula is C19H19N3O3. The van der Waals surface area contributed by atoms with Gasteiger partial charge in [-0.3, -0.25) is 4.79 Å². The standard InChI is InChI=1S/C19H19N3O3/c1-2-24-15-8-6-13(7-9-15)17-11-21-19(22-17)14-4-3-5-16(10-14)25-12-18(20)23/h3-11H,2,12H2,1H3,(H2,20,23)(H,21,22). The van der Waals surface area contributed by atoms with E-state index in [1.807, 2.05) is 49.4 Å². The van der Waals surface area contributed by atoms with Gasteiger partial charge in [0.15, 0.2) is 6.61 Å².